The van der Waals surface area contributed by atoms with Gasteiger partial charge in [0.05, 0.1) is 38.7 Å². The minimum Gasteiger partial charge on any atom is -0.398 e. The molecule has 2 N–H and O–H groups in total. The number of fused-ring (bicyclic) bond motifs is 1. The molecule has 3 aromatic heterocycles. The number of nitrogens with zero attached hydrogens (tertiary/aromatic N) is 8. The summed E-state index contributed by atoms with van der Waals surface area (Å²) in [5, 5.41) is 0.709. The smallest absolute Gasteiger partial charge is 0.355 e. The van der Waals surface area contributed by atoms with Crippen molar-refractivity contribution in [1.29, 1.82) is 0 Å². The molecule has 1 amide bonds. The highest BCUT2D eigenvalue weighted by molar-refractivity contribution is 6.34. The summed E-state index contributed by atoms with van der Waals surface area (Å²) in [6.07, 6.45) is 9.05. The summed E-state index contributed by atoms with van der Waals surface area (Å²) in [6.45, 7) is 8.47. The number of aromatic nitrogens is 5. The van der Waals surface area contributed by atoms with Gasteiger partial charge in [-0.25, -0.2) is 28.7 Å². The molecule has 254 valence electrons. The van der Waals surface area contributed by atoms with E-state index in [2.05, 4.69) is 21.8 Å². The number of benzene rings is 1. The molecule has 1 atom stereocenters. The van der Waals surface area contributed by atoms with Gasteiger partial charge in [0, 0.05) is 68.9 Å². The number of rotatable bonds is 8. The molecule has 2 saturated carbocycles. The Kier molecular flexibility index (Phi) is 8.10. The highest BCUT2D eigenvalue weighted by Crippen LogP contribution is 2.48. The van der Waals surface area contributed by atoms with Crippen LogP contribution < -0.4 is 16.3 Å². The normalized spacial score (nSPS) is 20.4. The van der Waals surface area contributed by atoms with Crippen molar-refractivity contribution in [3.63, 3.8) is 0 Å². The van der Waals surface area contributed by atoms with Crippen molar-refractivity contribution >= 4 is 40.0 Å². The predicted molar refractivity (Wildman–Crippen MR) is 188 cm³/mol. The first kappa shape index (κ1) is 31.8. The topological polar surface area (TPSA) is 126 Å². The number of pyridine rings is 1. The van der Waals surface area contributed by atoms with E-state index >= 15 is 4.39 Å². The van der Waals surface area contributed by atoms with Crippen LogP contribution >= 0.6 is 11.6 Å². The van der Waals surface area contributed by atoms with E-state index in [1.165, 1.54) is 16.7 Å². The second-order valence-electron chi connectivity index (χ2n) is 14.0. The van der Waals surface area contributed by atoms with Gasteiger partial charge >= 0.3 is 5.69 Å². The molecular formula is C36H39ClFN9O2. The molecular weight excluding hydrogens is 645 g/mol. The van der Waals surface area contributed by atoms with Crippen LogP contribution in [0, 0.1) is 11.7 Å². The number of carbonyl (C=O) groups excluding carboxylic acids is 1. The van der Waals surface area contributed by atoms with Gasteiger partial charge in [-0.2, -0.15) is 4.98 Å². The van der Waals surface area contributed by atoms with Gasteiger partial charge in [-0.1, -0.05) is 30.7 Å². The number of nitrogen functional groups attached to an aromatic ring is 1. The Morgan fingerprint density at radius 3 is 2.39 bits per heavy atom. The number of halogens is 2. The Balaban J connectivity index is 1.22. The van der Waals surface area contributed by atoms with E-state index in [1.807, 2.05) is 22.8 Å². The maximum Gasteiger partial charge on any atom is 0.355 e. The quantitative estimate of drug-likeness (QED) is 0.204. The van der Waals surface area contributed by atoms with Gasteiger partial charge < -0.3 is 15.5 Å². The summed E-state index contributed by atoms with van der Waals surface area (Å²) in [5.74, 6) is 0.939. The lowest BCUT2D eigenvalue weighted by Gasteiger charge is -2.40. The number of likely N-dealkylation sites (tertiary alicyclic amines) is 1. The Bertz CT molecular complexity index is 2000. The zero-order chi connectivity index (χ0) is 34.0. The molecule has 0 unspecified atom stereocenters. The van der Waals surface area contributed by atoms with Crippen molar-refractivity contribution in [2.24, 2.45) is 5.92 Å². The largest absolute Gasteiger partial charge is 0.398 e. The molecule has 5 heterocycles. The lowest BCUT2D eigenvalue weighted by atomic mass is 10.0. The first-order valence-corrected chi connectivity index (χ1v) is 17.5. The fraction of sp³-hybridized carbons (Fsp3) is 0.444. The molecule has 13 heteroatoms. The van der Waals surface area contributed by atoms with E-state index in [1.54, 1.807) is 24.5 Å². The monoisotopic (exact) mass is 683 g/mol. The van der Waals surface area contributed by atoms with Crippen molar-refractivity contribution < 1.29 is 9.18 Å². The van der Waals surface area contributed by atoms with Crippen LogP contribution in [0.1, 0.15) is 62.8 Å². The minimum absolute atomic E-state index is 0.0329. The zero-order valence-electron chi connectivity index (χ0n) is 27.6. The van der Waals surface area contributed by atoms with Crippen molar-refractivity contribution in [1.82, 2.24) is 34.3 Å². The SMILES string of the molecule is CC1CN(C/C=C/C(=O)N2CCN(c3nc(=O)n(-c4c(C5CC5)ncnc4C4CC4)c4nc(-c5c(N)cccc5F)c(Cl)cc34)[C@@H](C)C2)C1. The van der Waals surface area contributed by atoms with Gasteiger partial charge in [0.25, 0.3) is 0 Å². The Morgan fingerprint density at radius 1 is 1.04 bits per heavy atom. The van der Waals surface area contributed by atoms with Gasteiger partial charge in [-0.05, 0) is 56.7 Å². The number of hydrogen-bond acceptors (Lipinski definition) is 9. The van der Waals surface area contributed by atoms with Gasteiger partial charge in [0.1, 0.15) is 18.0 Å². The first-order chi connectivity index (χ1) is 23.7. The second-order valence-corrected chi connectivity index (χ2v) is 14.4. The van der Waals surface area contributed by atoms with Crippen molar-refractivity contribution in [3.05, 3.63) is 75.5 Å². The van der Waals surface area contributed by atoms with Crippen LogP contribution in [0.4, 0.5) is 15.9 Å². The molecule has 0 bridgehead atoms. The standard InChI is InChI=1S/C36H39ClFN9O2/c1-20-16-44(17-20)12-4-7-28(48)45-13-14-46(21(2)18-45)34-24-15-25(37)32(29-26(38)5-3-6-27(29)39)42-35(24)47(36(49)43-34)33-30(22-8-9-22)40-19-41-31(33)23-10-11-23/h3-7,15,19-23H,8-14,16-18,39H2,1-2H3/b7-4+/t21-/m0/s1. The summed E-state index contributed by atoms with van der Waals surface area (Å²) in [5.41, 5.74) is 8.62. The minimum atomic E-state index is -0.569. The van der Waals surface area contributed by atoms with Crippen molar-refractivity contribution in [3.8, 4) is 16.9 Å². The van der Waals surface area contributed by atoms with Crippen LogP contribution in [0.25, 0.3) is 28.0 Å². The third-order valence-corrected chi connectivity index (χ3v) is 10.4. The summed E-state index contributed by atoms with van der Waals surface area (Å²) in [6, 6.07) is 5.96. The predicted octanol–water partition coefficient (Wildman–Crippen LogP) is 4.91. The Hall–Kier alpha value is -4.42. The number of anilines is 2. The average molecular weight is 684 g/mol. The summed E-state index contributed by atoms with van der Waals surface area (Å²) < 4.78 is 16.8. The van der Waals surface area contributed by atoms with Crippen LogP contribution in [0.5, 0.6) is 0 Å². The molecule has 8 rings (SSSR count). The average Bonchev–Trinajstić information content (AvgIpc) is 3.98. The van der Waals surface area contributed by atoms with E-state index in [4.69, 9.17) is 27.3 Å². The lowest BCUT2D eigenvalue weighted by Crippen LogP contribution is -2.54. The number of amides is 1. The third kappa shape index (κ3) is 5.94. The van der Waals surface area contributed by atoms with Gasteiger partial charge in [0.2, 0.25) is 5.91 Å². The van der Waals surface area contributed by atoms with E-state index in [0.29, 0.717) is 42.4 Å². The highest BCUT2D eigenvalue weighted by atomic mass is 35.5. The van der Waals surface area contributed by atoms with E-state index < -0.39 is 11.5 Å². The first-order valence-electron chi connectivity index (χ1n) is 17.1. The molecule has 0 spiro atoms. The summed E-state index contributed by atoms with van der Waals surface area (Å²) in [4.78, 5) is 52.6. The molecule has 4 aliphatic rings. The van der Waals surface area contributed by atoms with Crippen molar-refractivity contribution in [2.45, 2.75) is 57.4 Å². The van der Waals surface area contributed by atoms with Gasteiger partial charge in [-0.3, -0.25) is 9.69 Å². The summed E-state index contributed by atoms with van der Waals surface area (Å²) >= 11 is 6.90. The van der Waals surface area contributed by atoms with E-state index in [-0.39, 0.29) is 51.4 Å². The number of nitrogens with two attached hydrogens (primary N) is 1. The molecule has 11 nitrogen and oxygen atoms in total. The van der Waals surface area contributed by atoms with Crippen molar-refractivity contribution in [2.75, 3.05) is 49.9 Å². The number of piperazine rings is 1. The maximum atomic E-state index is 15.3. The molecule has 2 saturated heterocycles. The molecule has 2 aliphatic carbocycles. The molecule has 4 aromatic rings. The van der Waals surface area contributed by atoms with E-state index in [9.17, 15) is 9.59 Å². The second kappa shape index (κ2) is 12.5. The maximum absolute atomic E-state index is 15.3. The molecule has 2 aliphatic heterocycles. The molecule has 0 radical (unpaired) electrons. The Morgan fingerprint density at radius 2 is 1.76 bits per heavy atom. The third-order valence-electron chi connectivity index (χ3n) is 10.1. The van der Waals surface area contributed by atoms with Gasteiger partial charge in [0.15, 0.2) is 5.65 Å². The number of hydrogen-bond donors (Lipinski definition) is 1. The van der Waals surface area contributed by atoms with Crippen LogP contribution in [0.2, 0.25) is 5.02 Å². The molecule has 4 fully saturated rings. The van der Waals surface area contributed by atoms with Crippen LogP contribution in [-0.2, 0) is 4.79 Å². The van der Waals surface area contributed by atoms with Crippen LogP contribution in [0.3, 0.4) is 0 Å². The van der Waals surface area contributed by atoms with Crippen LogP contribution in [-0.4, -0.2) is 85.5 Å². The summed E-state index contributed by atoms with van der Waals surface area (Å²) in [7, 11) is 0. The van der Waals surface area contributed by atoms with Crippen LogP contribution in [0.15, 0.2) is 47.5 Å². The zero-order valence-corrected chi connectivity index (χ0v) is 28.4. The van der Waals surface area contributed by atoms with Gasteiger partial charge in [-0.15, -0.1) is 0 Å². The number of carbonyl (C=O) groups is 1. The lowest BCUT2D eigenvalue weighted by molar-refractivity contribution is -0.126. The Labute approximate surface area is 288 Å². The molecule has 1 aromatic carbocycles. The fourth-order valence-electron chi connectivity index (χ4n) is 7.30. The van der Waals surface area contributed by atoms with E-state index in [0.717, 1.165) is 56.7 Å². The highest BCUT2D eigenvalue weighted by Gasteiger charge is 2.37. The molecule has 49 heavy (non-hydrogen) atoms. The fourth-order valence-corrected chi connectivity index (χ4v) is 7.54.